The lowest BCUT2D eigenvalue weighted by molar-refractivity contribution is 0.0938. The number of hydrogen-bond donors (Lipinski definition) is 2. The lowest BCUT2D eigenvalue weighted by Gasteiger charge is -2.16. The van der Waals surface area contributed by atoms with Crippen LogP contribution in [0, 0.1) is 0 Å². The van der Waals surface area contributed by atoms with Crippen LogP contribution in [0.5, 0.6) is 0 Å². The van der Waals surface area contributed by atoms with E-state index in [1.165, 1.54) is 23.8 Å². The number of sulfonamides is 1. The Morgan fingerprint density at radius 3 is 2.37 bits per heavy atom. The van der Waals surface area contributed by atoms with Crippen LogP contribution in [-0.4, -0.2) is 26.4 Å². The summed E-state index contributed by atoms with van der Waals surface area (Å²) in [5.74, 6) is -0.387. The third-order valence-electron chi connectivity index (χ3n) is 3.97. The fourth-order valence-corrected chi connectivity index (χ4v) is 4.11. The number of aryl methyl sites for hydroxylation is 1. The molecule has 1 atom stereocenters. The van der Waals surface area contributed by atoms with Gasteiger partial charge in [-0.2, -0.15) is 0 Å². The minimum absolute atomic E-state index is 0.0164. The second-order valence-electron chi connectivity index (χ2n) is 6.82. The van der Waals surface area contributed by atoms with Crippen LogP contribution < -0.4 is 10.0 Å². The molecule has 0 aliphatic rings. The van der Waals surface area contributed by atoms with Crippen molar-refractivity contribution in [3.63, 3.8) is 0 Å². The summed E-state index contributed by atoms with van der Waals surface area (Å²) in [6.45, 7) is 5.38. The predicted molar refractivity (Wildman–Crippen MR) is 109 cm³/mol. The number of carbonyl (C=O) groups excluding carboxylic acids is 1. The summed E-state index contributed by atoms with van der Waals surface area (Å²) in [5, 5.41) is 3.10. The van der Waals surface area contributed by atoms with Crippen LogP contribution in [0.2, 0.25) is 5.02 Å². The Bertz CT molecular complexity index is 883. The standard InChI is InChI=1S/C20H25ClN2O3S/c1-14(2)23-27(25,26)17-11-12-19(21)18(13-17)20(24)22-15(3)9-10-16-7-5-4-6-8-16/h4-8,11-15,23H,9-10H2,1-3H3,(H,22,24). The van der Waals surface area contributed by atoms with Crippen LogP contribution in [0.3, 0.4) is 0 Å². The average molecular weight is 409 g/mol. The highest BCUT2D eigenvalue weighted by Gasteiger charge is 2.20. The molecule has 0 spiro atoms. The van der Waals surface area contributed by atoms with E-state index in [4.69, 9.17) is 11.6 Å². The molecule has 1 unspecified atom stereocenters. The SMILES string of the molecule is CC(C)NS(=O)(=O)c1ccc(Cl)c(C(=O)NC(C)CCc2ccccc2)c1. The van der Waals surface area contributed by atoms with Gasteiger partial charge in [0.2, 0.25) is 10.0 Å². The van der Waals surface area contributed by atoms with E-state index in [-0.39, 0.29) is 33.5 Å². The van der Waals surface area contributed by atoms with E-state index in [0.717, 1.165) is 12.8 Å². The minimum atomic E-state index is -3.70. The second-order valence-corrected chi connectivity index (χ2v) is 8.94. The van der Waals surface area contributed by atoms with Crippen molar-refractivity contribution in [3.05, 3.63) is 64.7 Å². The maximum absolute atomic E-state index is 12.6. The molecule has 5 nitrogen and oxygen atoms in total. The first kappa shape index (κ1) is 21.4. The van der Waals surface area contributed by atoms with Crippen LogP contribution in [0.4, 0.5) is 0 Å². The molecule has 2 aromatic carbocycles. The van der Waals surface area contributed by atoms with E-state index in [0.29, 0.717) is 0 Å². The Balaban J connectivity index is 2.08. The largest absolute Gasteiger partial charge is 0.350 e. The molecule has 0 aliphatic heterocycles. The number of rotatable bonds is 8. The summed E-state index contributed by atoms with van der Waals surface area (Å²) in [6, 6.07) is 13.8. The minimum Gasteiger partial charge on any atom is -0.350 e. The van der Waals surface area contributed by atoms with Crippen molar-refractivity contribution in [3.8, 4) is 0 Å². The summed E-state index contributed by atoms with van der Waals surface area (Å²) in [4.78, 5) is 12.6. The van der Waals surface area contributed by atoms with E-state index >= 15 is 0 Å². The molecule has 0 radical (unpaired) electrons. The normalized spacial score (nSPS) is 12.8. The summed E-state index contributed by atoms with van der Waals surface area (Å²) in [7, 11) is -3.70. The number of hydrogen-bond acceptors (Lipinski definition) is 3. The monoisotopic (exact) mass is 408 g/mol. The molecule has 0 aliphatic carbocycles. The van der Waals surface area contributed by atoms with Crippen molar-refractivity contribution >= 4 is 27.5 Å². The Labute approximate surface area is 166 Å². The Hall–Kier alpha value is -1.89. The van der Waals surface area contributed by atoms with Crippen molar-refractivity contribution in [1.29, 1.82) is 0 Å². The summed E-state index contributed by atoms with van der Waals surface area (Å²) in [6.07, 6.45) is 1.60. The van der Waals surface area contributed by atoms with Gasteiger partial charge < -0.3 is 5.32 Å². The molecule has 0 bridgehead atoms. The number of benzene rings is 2. The summed E-state index contributed by atoms with van der Waals surface area (Å²) >= 11 is 6.13. The first-order valence-corrected chi connectivity index (χ1v) is 10.7. The van der Waals surface area contributed by atoms with Gasteiger partial charge in [0, 0.05) is 12.1 Å². The molecule has 146 valence electrons. The molecular weight excluding hydrogens is 384 g/mol. The van der Waals surface area contributed by atoms with Gasteiger partial charge in [-0.15, -0.1) is 0 Å². The van der Waals surface area contributed by atoms with E-state index in [1.807, 2.05) is 37.3 Å². The zero-order valence-corrected chi connectivity index (χ0v) is 17.3. The van der Waals surface area contributed by atoms with E-state index in [1.54, 1.807) is 13.8 Å². The smallest absolute Gasteiger partial charge is 0.253 e. The van der Waals surface area contributed by atoms with Gasteiger partial charge in [-0.1, -0.05) is 41.9 Å². The van der Waals surface area contributed by atoms with Gasteiger partial charge in [0.15, 0.2) is 0 Å². The molecule has 2 aromatic rings. The third kappa shape index (κ3) is 6.34. The first-order valence-electron chi connectivity index (χ1n) is 8.85. The third-order valence-corrected chi connectivity index (χ3v) is 5.96. The Morgan fingerprint density at radius 2 is 1.74 bits per heavy atom. The molecule has 2 rings (SSSR count). The second kappa shape index (κ2) is 9.35. The zero-order chi connectivity index (χ0) is 20.0. The van der Waals surface area contributed by atoms with Crippen molar-refractivity contribution in [2.75, 3.05) is 0 Å². The molecule has 0 saturated heterocycles. The van der Waals surface area contributed by atoms with Gasteiger partial charge in [-0.3, -0.25) is 4.79 Å². The van der Waals surface area contributed by atoms with Crippen molar-refractivity contribution < 1.29 is 13.2 Å². The molecule has 1 amide bonds. The summed E-state index contributed by atoms with van der Waals surface area (Å²) in [5.41, 5.74) is 1.35. The zero-order valence-electron chi connectivity index (χ0n) is 15.7. The quantitative estimate of drug-likeness (QED) is 0.697. The van der Waals surface area contributed by atoms with Crippen LogP contribution >= 0.6 is 11.6 Å². The number of carbonyl (C=O) groups is 1. The molecule has 0 fully saturated rings. The van der Waals surface area contributed by atoms with Crippen LogP contribution in [0.15, 0.2) is 53.4 Å². The highest BCUT2D eigenvalue weighted by atomic mass is 35.5. The first-order chi connectivity index (χ1) is 12.7. The van der Waals surface area contributed by atoms with Gasteiger partial charge >= 0.3 is 0 Å². The fourth-order valence-electron chi connectivity index (χ4n) is 2.63. The van der Waals surface area contributed by atoms with Gasteiger partial charge in [-0.25, -0.2) is 13.1 Å². The van der Waals surface area contributed by atoms with Gasteiger partial charge in [0.05, 0.1) is 15.5 Å². The molecule has 0 saturated carbocycles. The van der Waals surface area contributed by atoms with Gasteiger partial charge in [0.1, 0.15) is 0 Å². The van der Waals surface area contributed by atoms with Crippen LogP contribution in [0.1, 0.15) is 43.1 Å². The van der Waals surface area contributed by atoms with Gasteiger partial charge in [-0.05, 0) is 57.4 Å². The number of amides is 1. The molecule has 7 heteroatoms. The fraction of sp³-hybridized carbons (Fsp3) is 0.350. The highest BCUT2D eigenvalue weighted by Crippen LogP contribution is 2.21. The van der Waals surface area contributed by atoms with Crippen molar-refractivity contribution in [2.24, 2.45) is 0 Å². The topological polar surface area (TPSA) is 75.3 Å². The van der Waals surface area contributed by atoms with Crippen molar-refractivity contribution in [1.82, 2.24) is 10.0 Å². The van der Waals surface area contributed by atoms with E-state index in [2.05, 4.69) is 10.0 Å². The molecule has 0 heterocycles. The van der Waals surface area contributed by atoms with Crippen molar-refractivity contribution in [2.45, 2.75) is 50.6 Å². The molecule has 27 heavy (non-hydrogen) atoms. The van der Waals surface area contributed by atoms with Crippen LogP contribution in [-0.2, 0) is 16.4 Å². The molecule has 0 aromatic heterocycles. The predicted octanol–water partition coefficient (Wildman–Crippen LogP) is 3.78. The van der Waals surface area contributed by atoms with E-state index in [9.17, 15) is 13.2 Å². The molecular formula is C20H25ClN2O3S. The Kier molecular flexibility index (Phi) is 7.41. The van der Waals surface area contributed by atoms with Crippen LogP contribution in [0.25, 0.3) is 0 Å². The average Bonchev–Trinajstić information content (AvgIpc) is 2.60. The number of halogens is 1. The maximum atomic E-state index is 12.6. The maximum Gasteiger partial charge on any atom is 0.253 e. The van der Waals surface area contributed by atoms with Gasteiger partial charge in [0.25, 0.3) is 5.91 Å². The summed E-state index contributed by atoms with van der Waals surface area (Å²) < 4.78 is 27.1. The van der Waals surface area contributed by atoms with E-state index < -0.39 is 10.0 Å². The molecule has 2 N–H and O–H groups in total. The lowest BCUT2D eigenvalue weighted by atomic mass is 10.1. The highest BCUT2D eigenvalue weighted by molar-refractivity contribution is 7.89. The lowest BCUT2D eigenvalue weighted by Crippen LogP contribution is -2.34. The Morgan fingerprint density at radius 1 is 1.07 bits per heavy atom. The number of nitrogens with one attached hydrogen (secondary N) is 2.